The third kappa shape index (κ3) is 1.55. The number of hydrogen-bond donors (Lipinski definition) is 1. The van der Waals surface area contributed by atoms with Gasteiger partial charge in [-0.2, -0.15) is 0 Å². The van der Waals surface area contributed by atoms with Crippen molar-refractivity contribution in [2.75, 3.05) is 0 Å². The van der Waals surface area contributed by atoms with Gasteiger partial charge in [0.25, 0.3) is 5.91 Å². The molecule has 14 heavy (non-hydrogen) atoms. The molecule has 0 fully saturated rings. The Hall–Kier alpha value is -1.58. The minimum absolute atomic E-state index is 0.287. The summed E-state index contributed by atoms with van der Waals surface area (Å²) in [7, 11) is 0. The summed E-state index contributed by atoms with van der Waals surface area (Å²) in [6, 6.07) is 4.26. The molecule has 4 heteroatoms. The normalized spacial score (nSPS) is 19.6. The molecule has 0 radical (unpaired) electrons. The lowest BCUT2D eigenvalue weighted by atomic mass is 10.0. The van der Waals surface area contributed by atoms with Crippen LogP contribution < -0.4 is 10.5 Å². The van der Waals surface area contributed by atoms with Gasteiger partial charge in [0.2, 0.25) is 0 Å². The number of amides is 1. The Morgan fingerprint density at radius 2 is 2.36 bits per heavy atom. The Morgan fingerprint density at radius 1 is 1.57 bits per heavy atom. The first-order valence-electron chi connectivity index (χ1n) is 4.41. The molecule has 1 amide bonds. The van der Waals surface area contributed by atoms with Crippen LogP contribution in [0.25, 0.3) is 0 Å². The number of carbonyl (C=O) groups excluding carboxylic acids is 1. The maximum atomic E-state index is 12.8. The van der Waals surface area contributed by atoms with Gasteiger partial charge in [-0.1, -0.05) is 0 Å². The Morgan fingerprint density at radius 3 is 3.07 bits per heavy atom. The molecule has 0 bridgehead atoms. The highest BCUT2D eigenvalue weighted by Crippen LogP contribution is 2.27. The first-order chi connectivity index (χ1) is 6.66. The molecule has 0 aliphatic carbocycles. The van der Waals surface area contributed by atoms with Gasteiger partial charge >= 0.3 is 0 Å². The van der Waals surface area contributed by atoms with Crippen molar-refractivity contribution in [3.63, 3.8) is 0 Å². The molecule has 0 saturated carbocycles. The number of benzene rings is 1. The van der Waals surface area contributed by atoms with Gasteiger partial charge in [-0.25, -0.2) is 4.39 Å². The van der Waals surface area contributed by atoms with Gasteiger partial charge < -0.3 is 10.5 Å². The average molecular weight is 195 g/mol. The van der Waals surface area contributed by atoms with Crippen LogP contribution in [0.3, 0.4) is 0 Å². The fourth-order valence-corrected chi connectivity index (χ4v) is 1.56. The molecule has 2 rings (SSSR count). The minimum atomic E-state index is -0.576. The number of carbonyl (C=O) groups is 1. The van der Waals surface area contributed by atoms with Gasteiger partial charge in [0.15, 0.2) is 6.10 Å². The predicted molar refractivity (Wildman–Crippen MR) is 48.3 cm³/mol. The first-order valence-corrected chi connectivity index (χ1v) is 4.41. The fourth-order valence-electron chi connectivity index (χ4n) is 1.56. The number of ether oxygens (including phenoxy) is 1. The van der Waals surface area contributed by atoms with Crippen molar-refractivity contribution >= 4 is 5.91 Å². The Balaban J connectivity index is 2.27. The van der Waals surface area contributed by atoms with Gasteiger partial charge in [-0.05, 0) is 36.6 Å². The Labute approximate surface area is 80.7 Å². The third-order valence-electron chi connectivity index (χ3n) is 2.28. The second-order valence-electron chi connectivity index (χ2n) is 3.30. The van der Waals surface area contributed by atoms with Gasteiger partial charge in [0.1, 0.15) is 11.6 Å². The van der Waals surface area contributed by atoms with E-state index in [1.807, 2.05) is 0 Å². The zero-order valence-corrected chi connectivity index (χ0v) is 7.50. The Bertz CT molecular complexity index is 378. The number of aryl methyl sites for hydroxylation is 1. The molecular formula is C10H10FNO2. The second-order valence-corrected chi connectivity index (χ2v) is 3.30. The molecule has 2 N–H and O–H groups in total. The zero-order chi connectivity index (χ0) is 10.1. The topological polar surface area (TPSA) is 52.3 Å². The van der Waals surface area contributed by atoms with E-state index in [-0.39, 0.29) is 5.82 Å². The number of nitrogens with two attached hydrogens (primary N) is 1. The van der Waals surface area contributed by atoms with E-state index in [4.69, 9.17) is 10.5 Å². The molecular weight excluding hydrogens is 185 g/mol. The van der Waals surface area contributed by atoms with Crippen molar-refractivity contribution in [2.45, 2.75) is 18.9 Å². The van der Waals surface area contributed by atoms with E-state index in [9.17, 15) is 9.18 Å². The summed E-state index contributed by atoms with van der Waals surface area (Å²) < 4.78 is 18.1. The second kappa shape index (κ2) is 3.29. The largest absolute Gasteiger partial charge is 0.480 e. The van der Waals surface area contributed by atoms with E-state index in [2.05, 4.69) is 0 Å². The number of halogens is 1. The molecule has 74 valence electrons. The summed E-state index contributed by atoms with van der Waals surface area (Å²) >= 11 is 0. The molecule has 1 aliphatic rings. The highest BCUT2D eigenvalue weighted by molar-refractivity contribution is 5.79. The van der Waals surface area contributed by atoms with Crippen LogP contribution in [0, 0.1) is 5.82 Å². The maximum Gasteiger partial charge on any atom is 0.258 e. The van der Waals surface area contributed by atoms with E-state index in [1.54, 1.807) is 0 Å². The van der Waals surface area contributed by atoms with Crippen molar-refractivity contribution in [3.05, 3.63) is 29.6 Å². The summed E-state index contributed by atoms with van der Waals surface area (Å²) in [6.07, 6.45) is 0.569. The number of fused-ring (bicyclic) bond motifs is 1. The molecule has 1 unspecified atom stereocenters. The van der Waals surface area contributed by atoms with Crippen LogP contribution in [-0.2, 0) is 11.2 Å². The molecule has 1 aromatic carbocycles. The van der Waals surface area contributed by atoms with Gasteiger partial charge in [-0.15, -0.1) is 0 Å². The highest BCUT2D eigenvalue weighted by Gasteiger charge is 2.23. The van der Waals surface area contributed by atoms with Crippen LogP contribution in [0.1, 0.15) is 12.0 Å². The van der Waals surface area contributed by atoms with E-state index < -0.39 is 12.0 Å². The first kappa shape index (κ1) is 8.99. The van der Waals surface area contributed by atoms with E-state index >= 15 is 0 Å². The van der Waals surface area contributed by atoms with Crippen LogP contribution in [-0.4, -0.2) is 12.0 Å². The molecule has 1 atom stereocenters. The summed E-state index contributed by atoms with van der Waals surface area (Å²) in [5.41, 5.74) is 5.91. The number of primary amides is 1. The fraction of sp³-hybridized carbons (Fsp3) is 0.300. The molecule has 0 aromatic heterocycles. The number of rotatable bonds is 1. The Kier molecular flexibility index (Phi) is 2.11. The summed E-state index contributed by atoms with van der Waals surface area (Å²) in [5.74, 6) is -0.202. The molecule has 1 aromatic rings. The van der Waals surface area contributed by atoms with E-state index in [0.717, 1.165) is 5.56 Å². The van der Waals surface area contributed by atoms with Crippen molar-refractivity contribution < 1.29 is 13.9 Å². The van der Waals surface area contributed by atoms with Crippen molar-refractivity contribution in [1.82, 2.24) is 0 Å². The SMILES string of the molecule is NC(=O)C1CCc2cc(F)ccc2O1. The van der Waals surface area contributed by atoms with Crippen molar-refractivity contribution in [2.24, 2.45) is 5.73 Å². The minimum Gasteiger partial charge on any atom is -0.480 e. The van der Waals surface area contributed by atoms with Gasteiger partial charge in [-0.3, -0.25) is 4.79 Å². The van der Waals surface area contributed by atoms with Crippen molar-refractivity contribution in [3.8, 4) is 5.75 Å². The lowest BCUT2D eigenvalue weighted by Crippen LogP contribution is -2.36. The summed E-state index contributed by atoms with van der Waals surface area (Å²) in [6.45, 7) is 0. The predicted octanol–water partition coefficient (Wildman–Crippen LogP) is 1.00. The van der Waals surface area contributed by atoms with Crippen LogP contribution in [0.4, 0.5) is 4.39 Å². The molecule has 0 spiro atoms. The lowest BCUT2D eigenvalue weighted by molar-refractivity contribution is -0.125. The van der Waals surface area contributed by atoms with Gasteiger partial charge in [0.05, 0.1) is 0 Å². The molecule has 3 nitrogen and oxygen atoms in total. The highest BCUT2D eigenvalue weighted by atomic mass is 19.1. The smallest absolute Gasteiger partial charge is 0.258 e. The van der Waals surface area contributed by atoms with E-state index in [0.29, 0.717) is 18.6 Å². The van der Waals surface area contributed by atoms with Crippen LogP contribution in [0.15, 0.2) is 18.2 Å². The van der Waals surface area contributed by atoms with Crippen LogP contribution in [0.2, 0.25) is 0 Å². The van der Waals surface area contributed by atoms with Crippen LogP contribution >= 0.6 is 0 Å². The zero-order valence-electron chi connectivity index (χ0n) is 7.50. The molecule has 0 saturated heterocycles. The van der Waals surface area contributed by atoms with Gasteiger partial charge in [0, 0.05) is 0 Å². The standard InChI is InChI=1S/C10H10FNO2/c11-7-2-4-8-6(5-7)1-3-9(14-8)10(12)13/h2,4-5,9H,1,3H2,(H2,12,13). The number of hydrogen-bond acceptors (Lipinski definition) is 2. The summed E-state index contributed by atoms with van der Waals surface area (Å²) in [4.78, 5) is 10.9. The molecule has 1 aliphatic heterocycles. The van der Waals surface area contributed by atoms with E-state index in [1.165, 1.54) is 18.2 Å². The van der Waals surface area contributed by atoms with Crippen molar-refractivity contribution in [1.29, 1.82) is 0 Å². The third-order valence-corrected chi connectivity index (χ3v) is 2.28. The quantitative estimate of drug-likeness (QED) is 0.726. The monoisotopic (exact) mass is 195 g/mol. The lowest BCUT2D eigenvalue weighted by Gasteiger charge is -2.23. The van der Waals surface area contributed by atoms with Crippen LogP contribution in [0.5, 0.6) is 5.75 Å². The summed E-state index contributed by atoms with van der Waals surface area (Å²) in [5, 5.41) is 0. The molecule has 1 heterocycles. The maximum absolute atomic E-state index is 12.8. The average Bonchev–Trinajstić information content (AvgIpc) is 2.16.